The van der Waals surface area contributed by atoms with Crippen LogP contribution in [0.3, 0.4) is 0 Å². The second-order valence-electron chi connectivity index (χ2n) is 7.09. The number of carbonyl (C=O) groups excluding carboxylic acids is 1. The summed E-state index contributed by atoms with van der Waals surface area (Å²) in [5, 5.41) is 11.1. The zero-order valence-electron chi connectivity index (χ0n) is 13.6. The van der Waals surface area contributed by atoms with Gasteiger partial charge >= 0.3 is 0 Å². The lowest BCUT2D eigenvalue weighted by atomic mass is 9.70. The number of nitrogens with one attached hydrogen (secondary N) is 2. The van der Waals surface area contributed by atoms with E-state index < -0.39 is 0 Å². The highest BCUT2D eigenvalue weighted by atomic mass is 16.1. The molecule has 2 N–H and O–H groups in total. The Labute approximate surface area is 131 Å². The molecular weight excluding hydrogens is 274 g/mol. The van der Waals surface area contributed by atoms with Crippen LogP contribution < -0.4 is 5.32 Å². The van der Waals surface area contributed by atoms with Gasteiger partial charge in [0, 0.05) is 17.0 Å². The van der Waals surface area contributed by atoms with Gasteiger partial charge < -0.3 is 5.32 Å². The molecule has 2 aromatic rings. The van der Waals surface area contributed by atoms with Gasteiger partial charge in [0.15, 0.2) is 0 Å². The van der Waals surface area contributed by atoms with E-state index in [9.17, 15) is 4.79 Å². The highest BCUT2D eigenvalue weighted by molar-refractivity contribution is 5.95. The van der Waals surface area contributed by atoms with Crippen LogP contribution in [0, 0.1) is 23.7 Å². The van der Waals surface area contributed by atoms with Crippen LogP contribution in [-0.2, 0) is 4.79 Å². The van der Waals surface area contributed by atoms with E-state index in [2.05, 4.69) is 36.3 Å². The van der Waals surface area contributed by atoms with Crippen LogP contribution in [-0.4, -0.2) is 16.1 Å². The molecule has 0 aliphatic heterocycles. The van der Waals surface area contributed by atoms with Crippen LogP contribution in [0.15, 0.2) is 24.4 Å². The molecule has 1 heterocycles. The minimum atomic E-state index is 0.129. The lowest BCUT2D eigenvalue weighted by Crippen LogP contribution is -2.36. The van der Waals surface area contributed by atoms with Crippen molar-refractivity contribution in [2.75, 3.05) is 5.32 Å². The van der Waals surface area contributed by atoms with Crippen molar-refractivity contribution >= 4 is 22.5 Å². The summed E-state index contributed by atoms with van der Waals surface area (Å²) in [4.78, 5) is 12.8. The fourth-order valence-corrected chi connectivity index (χ4v) is 3.76. The second kappa shape index (κ2) is 6.11. The first-order valence-corrected chi connectivity index (χ1v) is 8.28. The molecule has 0 saturated heterocycles. The average molecular weight is 299 g/mol. The van der Waals surface area contributed by atoms with Crippen molar-refractivity contribution in [3.05, 3.63) is 24.4 Å². The zero-order valence-corrected chi connectivity index (χ0v) is 13.6. The van der Waals surface area contributed by atoms with E-state index in [1.165, 1.54) is 6.42 Å². The molecule has 3 rings (SSSR count). The monoisotopic (exact) mass is 299 g/mol. The summed E-state index contributed by atoms with van der Waals surface area (Å²) < 4.78 is 0. The van der Waals surface area contributed by atoms with E-state index in [0.29, 0.717) is 17.8 Å². The molecule has 0 spiro atoms. The normalized spacial score (nSPS) is 25.5. The number of benzene rings is 1. The molecule has 1 amide bonds. The maximum absolute atomic E-state index is 12.8. The molecule has 4 heteroatoms. The average Bonchev–Trinajstić information content (AvgIpc) is 2.94. The van der Waals surface area contributed by atoms with E-state index >= 15 is 0 Å². The van der Waals surface area contributed by atoms with Gasteiger partial charge in [0.1, 0.15) is 0 Å². The van der Waals surface area contributed by atoms with Gasteiger partial charge in [0.25, 0.3) is 0 Å². The van der Waals surface area contributed by atoms with Crippen molar-refractivity contribution in [1.82, 2.24) is 10.2 Å². The number of carbonyl (C=O) groups is 1. The van der Waals surface area contributed by atoms with Crippen molar-refractivity contribution < 1.29 is 4.79 Å². The van der Waals surface area contributed by atoms with Crippen molar-refractivity contribution in [2.24, 2.45) is 23.7 Å². The lowest BCUT2D eigenvalue weighted by Gasteiger charge is -2.36. The first kappa shape index (κ1) is 15.1. The molecule has 1 fully saturated rings. The number of fused-ring (bicyclic) bond motifs is 1. The summed E-state index contributed by atoms with van der Waals surface area (Å²) >= 11 is 0. The molecule has 0 bridgehead atoms. The van der Waals surface area contributed by atoms with Gasteiger partial charge in [-0.05, 0) is 48.8 Å². The summed E-state index contributed by atoms with van der Waals surface area (Å²) in [5.41, 5.74) is 1.85. The zero-order chi connectivity index (χ0) is 15.7. The van der Waals surface area contributed by atoms with Gasteiger partial charge in [0.2, 0.25) is 5.91 Å². The molecule has 4 nitrogen and oxygen atoms in total. The highest BCUT2D eigenvalue weighted by Crippen LogP contribution is 2.38. The Balaban J connectivity index is 1.76. The third-order valence-corrected chi connectivity index (χ3v) is 5.07. The Kier molecular flexibility index (Phi) is 4.19. The number of H-pyrrole nitrogens is 1. The standard InChI is InChI=1S/C18H25N3O/c1-11(2)15-6-4-12(3)8-16(15)18(22)20-14-5-7-17-13(9-14)10-19-21-17/h5,7,9-12,15-16H,4,6,8H2,1-3H3,(H,19,21)(H,20,22)/t12-,15+,16-/m1/s1. The van der Waals surface area contributed by atoms with Gasteiger partial charge in [-0.25, -0.2) is 0 Å². The SMILES string of the molecule is CC(C)[C@@H]1CC[C@@H](C)C[C@H]1C(=O)Nc1ccc2[nH]ncc2c1. The number of hydrogen-bond acceptors (Lipinski definition) is 2. The number of aromatic nitrogens is 2. The second-order valence-corrected chi connectivity index (χ2v) is 7.09. The first-order valence-electron chi connectivity index (χ1n) is 8.28. The predicted molar refractivity (Wildman–Crippen MR) is 89.6 cm³/mol. The largest absolute Gasteiger partial charge is 0.326 e. The van der Waals surface area contributed by atoms with E-state index in [1.54, 1.807) is 6.20 Å². The fourth-order valence-electron chi connectivity index (χ4n) is 3.76. The Morgan fingerprint density at radius 2 is 2.18 bits per heavy atom. The summed E-state index contributed by atoms with van der Waals surface area (Å²) in [6.07, 6.45) is 5.19. The number of anilines is 1. The number of rotatable bonds is 3. The Bertz CT molecular complexity index is 661. The minimum Gasteiger partial charge on any atom is -0.326 e. The first-order chi connectivity index (χ1) is 10.5. The number of nitrogens with zero attached hydrogens (tertiary/aromatic N) is 1. The van der Waals surface area contributed by atoms with Gasteiger partial charge in [-0.15, -0.1) is 0 Å². The molecule has 1 saturated carbocycles. The molecule has 1 aliphatic rings. The molecule has 118 valence electrons. The van der Waals surface area contributed by atoms with Crippen LogP contribution in [0.25, 0.3) is 10.9 Å². The van der Waals surface area contributed by atoms with Crippen molar-refractivity contribution in [2.45, 2.75) is 40.0 Å². The minimum absolute atomic E-state index is 0.129. The fraction of sp³-hybridized carbons (Fsp3) is 0.556. The summed E-state index contributed by atoms with van der Waals surface area (Å²) in [7, 11) is 0. The van der Waals surface area contributed by atoms with Gasteiger partial charge in [-0.2, -0.15) is 5.10 Å². The summed E-state index contributed by atoms with van der Waals surface area (Å²) in [6, 6.07) is 5.88. The van der Waals surface area contributed by atoms with E-state index in [4.69, 9.17) is 0 Å². The van der Waals surface area contributed by atoms with Crippen LogP contribution in [0.1, 0.15) is 40.0 Å². The predicted octanol–water partition coefficient (Wildman–Crippen LogP) is 4.21. The van der Waals surface area contributed by atoms with E-state index in [0.717, 1.165) is 29.4 Å². The third-order valence-electron chi connectivity index (χ3n) is 5.07. The number of amides is 1. The Hall–Kier alpha value is -1.84. The topological polar surface area (TPSA) is 57.8 Å². The maximum atomic E-state index is 12.8. The summed E-state index contributed by atoms with van der Waals surface area (Å²) in [5.74, 6) is 1.99. The summed E-state index contributed by atoms with van der Waals surface area (Å²) in [6.45, 7) is 6.73. The van der Waals surface area contributed by atoms with Crippen molar-refractivity contribution in [3.8, 4) is 0 Å². The molecule has 1 aromatic heterocycles. The third kappa shape index (κ3) is 3.01. The molecule has 3 atom stereocenters. The van der Waals surface area contributed by atoms with Gasteiger partial charge in [0.05, 0.1) is 11.7 Å². The van der Waals surface area contributed by atoms with Crippen molar-refractivity contribution in [3.63, 3.8) is 0 Å². The van der Waals surface area contributed by atoms with Crippen LogP contribution >= 0.6 is 0 Å². The molecule has 22 heavy (non-hydrogen) atoms. The Morgan fingerprint density at radius 3 is 2.95 bits per heavy atom. The molecule has 1 aliphatic carbocycles. The van der Waals surface area contributed by atoms with Gasteiger partial charge in [-0.1, -0.05) is 27.2 Å². The van der Waals surface area contributed by atoms with Crippen LogP contribution in [0.5, 0.6) is 0 Å². The van der Waals surface area contributed by atoms with Crippen LogP contribution in [0.2, 0.25) is 0 Å². The number of aromatic amines is 1. The lowest BCUT2D eigenvalue weighted by molar-refractivity contribution is -0.123. The highest BCUT2D eigenvalue weighted by Gasteiger charge is 2.35. The maximum Gasteiger partial charge on any atom is 0.227 e. The quantitative estimate of drug-likeness (QED) is 0.892. The molecular formula is C18H25N3O. The number of hydrogen-bond donors (Lipinski definition) is 2. The van der Waals surface area contributed by atoms with Crippen LogP contribution in [0.4, 0.5) is 5.69 Å². The van der Waals surface area contributed by atoms with E-state index in [1.807, 2.05) is 18.2 Å². The molecule has 0 radical (unpaired) electrons. The smallest absolute Gasteiger partial charge is 0.227 e. The molecule has 0 unspecified atom stereocenters. The van der Waals surface area contributed by atoms with Gasteiger partial charge in [-0.3, -0.25) is 9.89 Å². The van der Waals surface area contributed by atoms with Crippen molar-refractivity contribution in [1.29, 1.82) is 0 Å². The Morgan fingerprint density at radius 1 is 1.36 bits per heavy atom. The molecule has 1 aromatic carbocycles. The van der Waals surface area contributed by atoms with E-state index in [-0.39, 0.29) is 11.8 Å².